The second-order valence-electron chi connectivity index (χ2n) is 5.25. The highest BCUT2D eigenvalue weighted by Gasteiger charge is 2.17. The Bertz CT molecular complexity index is 601. The molecule has 0 unspecified atom stereocenters. The number of hydrogen-bond acceptors (Lipinski definition) is 4. The molecule has 5 nitrogen and oxygen atoms in total. The molecule has 2 rings (SSSR count). The molecule has 1 amide bonds. The fourth-order valence-electron chi connectivity index (χ4n) is 2.37. The SMILES string of the molecule is CCC(CC)c1cc(C(=O)Nc2ccc(CCO)cc2)on1. The number of carbonyl (C=O) groups excluding carboxylic acids is 1. The van der Waals surface area contributed by atoms with Crippen molar-refractivity contribution in [3.8, 4) is 0 Å². The summed E-state index contributed by atoms with van der Waals surface area (Å²) in [6.45, 7) is 4.30. The van der Waals surface area contributed by atoms with Crippen LogP contribution in [-0.4, -0.2) is 22.8 Å². The van der Waals surface area contributed by atoms with Gasteiger partial charge in [-0.05, 0) is 37.0 Å². The Morgan fingerprint density at radius 2 is 1.95 bits per heavy atom. The van der Waals surface area contributed by atoms with Crippen LogP contribution >= 0.6 is 0 Å². The Balaban J connectivity index is 2.02. The van der Waals surface area contributed by atoms with Crippen LogP contribution in [0, 0.1) is 0 Å². The first-order chi connectivity index (χ1) is 10.7. The minimum atomic E-state index is -0.306. The molecule has 1 aromatic carbocycles. The van der Waals surface area contributed by atoms with Gasteiger partial charge in [0, 0.05) is 24.3 Å². The number of carbonyl (C=O) groups is 1. The number of nitrogens with one attached hydrogen (secondary N) is 1. The molecule has 0 fully saturated rings. The van der Waals surface area contributed by atoms with Gasteiger partial charge in [0.1, 0.15) is 0 Å². The summed E-state index contributed by atoms with van der Waals surface area (Å²) in [6, 6.07) is 9.08. The lowest BCUT2D eigenvalue weighted by molar-refractivity contribution is 0.0987. The maximum Gasteiger partial charge on any atom is 0.294 e. The molecule has 0 aliphatic heterocycles. The third-order valence-corrected chi connectivity index (χ3v) is 3.77. The summed E-state index contributed by atoms with van der Waals surface area (Å²) in [5, 5.41) is 15.7. The Kier molecular flexibility index (Phi) is 5.72. The van der Waals surface area contributed by atoms with Crippen molar-refractivity contribution in [2.24, 2.45) is 0 Å². The first-order valence-electron chi connectivity index (χ1n) is 7.65. The molecule has 0 aliphatic carbocycles. The van der Waals surface area contributed by atoms with E-state index in [1.54, 1.807) is 18.2 Å². The van der Waals surface area contributed by atoms with Crippen molar-refractivity contribution in [3.63, 3.8) is 0 Å². The maximum atomic E-state index is 12.2. The highest BCUT2D eigenvalue weighted by Crippen LogP contribution is 2.22. The van der Waals surface area contributed by atoms with Crippen LogP contribution in [0.3, 0.4) is 0 Å². The smallest absolute Gasteiger partial charge is 0.294 e. The minimum Gasteiger partial charge on any atom is -0.396 e. The predicted molar refractivity (Wildman–Crippen MR) is 85.0 cm³/mol. The third-order valence-electron chi connectivity index (χ3n) is 3.77. The zero-order valence-corrected chi connectivity index (χ0v) is 13.0. The standard InChI is InChI=1S/C17H22N2O3/c1-3-13(4-2)15-11-16(22-19-15)17(21)18-14-7-5-12(6-8-14)9-10-20/h5-8,11,13,20H,3-4,9-10H2,1-2H3,(H,18,21). The van der Waals surface area contributed by atoms with Gasteiger partial charge in [-0.25, -0.2) is 0 Å². The first-order valence-corrected chi connectivity index (χ1v) is 7.65. The second-order valence-corrected chi connectivity index (χ2v) is 5.25. The van der Waals surface area contributed by atoms with E-state index in [0.29, 0.717) is 18.0 Å². The summed E-state index contributed by atoms with van der Waals surface area (Å²) in [5.74, 6) is 0.240. The fraction of sp³-hybridized carbons (Fsp3) is 0.412. The zero-order chi connectivity index (χ0) is 15.9. The van der Waals surface area contributed by atoms with Crippen LogP contribution in [0.2, 0.25) is 0 Å². The number of aromatic nitrogens is 1. The lowest BCUT2D eigenvalue weighted by Gasteiger charge is -2.06. The summed E-state index contributed by atoms with van der Waals surface area (Å²) in [7, 11) is 0. The molecule has 1 aromatic heterocycles. The van der Waals surface area contributed by atoms with Gasteiger partial charge in [0.2, 0.25) is 5.76 Å². The van der Waals surface area contributed by atoms with Gasteiger partial charge in [0.25, 0.3) is 5.91 Å². The molecular formula is C17H22N2O3. The van der Waals surface area contributed by atoms with Crippen molar-refractivity contribution in [2.75, 3.05) is 11.9 Å². The lowest BCUT2D eigenvalue weighted by Crippen LogP contribution is -2.11. The van der Waals surface area contributed by atoms with E-state index in [1.165, 1.54) is 0 Å². The first kappa shape index (κ1) is 16.2. The van der Waals surface area contributed by atoms with Gasteiger partial charge >= 0.3 is 0 Å². The van der Waals surface area contributed by atoms with E-state index in [9.17, 15) is 4.79 Å². The van der Waals surface area contributed by atoms with Crippen molar-refractivity contribution in [1.29, 1.82) is 0 Å². The molecule has 5 heteroatoms. The van der Waals surface area contributed by atoms with Gasteiger partial charge in [0.05, 0.1) is 5.69 Å². The van der Waals surface area contributed by atoms with E-state index in [1.807, 2.05) is 12.1 Å². The van der Waals surface area contributed by atoms with Gasteiger partial charge in [-0.2, -0.15) is 0 Å². The average Bonchev–Trinajstić information content (AvgIpc) is 3.01. The van der Waals surface area contributed by atoms with Crippen LogP contribution in [0.5, 0.6) is 0 Å². The largest absolute Gasteiger partial charge is 0.396 e. The minimum absolute atomic E-state index is 0.114. The number of hydrogen-bond donors (Lipinski definition) is 2. The van der Waals surface area contributed by atoms with E-state index in [-0.39, 0.29) is 18.3 Å². The second kappa shape index (κ2) is 7.75. The normalized spacial score (nSPS) is 10.9. The number of nitrogens with zero attached hydrogens (tertiary/aromatic N) is 1. The molecule has 0 radical (unpaired) electrons. The summed E-state index contributed by atoms with van der Waals surface area (Å²) >= 11 is 0. The Morgan fingerprint density at radius 1 is 1.27 bits per heavy atom. The number of rotatable bonds is 7. The molecule has 2 aromatic rings. The predicted octanol–water partition coefficient (Wildman–Crippen LogP) is 3.37. The summed E-state index contributed by atoms with van der Waals surface area (Å²) in [5.41, 5.74) is 2.54. The molecule has 118 valence electrons. The summed E-state index contributed by atoms with van der Waals surface area (Å²) < 4.78 is 5.15. The van der Waals surface area contributed by atoms with E-state index in [0.717, 1.165) is 24.1 Å². The van der Waals surface area contributed by atoms with Crippen LogP contribution in [0.1, 0.15) is 54.4 Å². The molecule has 1 heterocycles. The molecule has 0 saturated carbocycles. The van der Waals surface area contributed by atoms with Gasteiger partial charge in [0.15, 0.2) is 0 Å². The highest BCUT2D eigenvalue weighted by atomic mass is 16.5. The van der Waals surface area contributed by atoms with Crippen molar-refractivity contribution >= 4 is 11.6 Å². The van der Waals surface area contributed by atoms with Crippen molar-refractivity contribution in [1.82, 2.24) is 5.16 Å². The van der Waals surface area contributed by atoms with Crippen LogP contribution in [-0.2, 0) is 6.42 Å². The lowest BCUT2D eigenvalue weighted by atomic mass is 9.99. The Hall–Kier alpha value is -2.14. The Labute approximate surface area is 130 Å². The quantitative estimate of drug-likeness (QED) is 0.822. The molecule has 2 N–H and O–H groups in total. The van der Waals surface area contributed by atoms with E-state index in [2.05, 4.69) is 24.3 Å². The van der Waals surface area contributed by atoms with Crippen LogP contribution in [0.4, 0.5) is 5.69 Å². The molecule has 0 atom stereocenters. The monoisotopic (exact) mass is 302 g/mol. The molecular weight excluding hydrogens is 280 g/mol. The van der Waals surface area contributed by atoms with Gasteiger partial charge < -0.3 is 14.9 Å². The van der Waals surface area contributed by atoms with E-state index >= 15 is 0 Å². The number of benzene rings is 1. The van der Waals surface area contributed by atoms with Crippen LogP contribution < -0.4 is 5.32 Å². The summed E-state index contributed by atoms with van der Waals surface area (Å²) in [6.07, 6.45) is 2.54. The molecule has 0 bridgehead atoms. The number of anilines is 1. The average molecular weight is 302 g/mol. The van der Waals surface area contributed by atoms with E-state index in [4.69, 9.17) is 9.63 Å². The van der Waals surface area contributed by atoms with Crippen LogP contribution in [0.15, 0.2) is 34.9 Å². The van der Waals surface area contributed by atoms with Gasteiger partial charge in [-0.15, -0.1) is 0 Å². The fourth-order valence-corrected chi connectivity index (χ4v) is 2.37. The van der Waals surface area contributed by atoms with Crippen molar-refractivity contribution in [3.05, 3.63) is 47.3 Å². The van der Waals surface area contributed by atoms with Gasteiger partial charge in [-0.1, -0.05) is 31.1 Å². The summed E-state index contributed by atoms with van der Waals surface area (Å²) in [4.78, 5) is 12.2. The highest BCUT2D eigenvalue weighted by molar-refractivity contribution is 6.02. The molecule has 0 spiro atoms. The number of amides is 1. The number of aliphatic hydroxyl groups excluding tert-OH is 1. The zero-order valence-electron chi connectivity index (χ0n) is 13.0. The van der Waals surface area contributed by atoms with E-state index < -0.39 is 0 Å². The Morgan fingerprint density at radius 3 is 2.55 bits per heavy atom. The third kappa shape index (κ3) is 3.95. The number of aliphatic hydroxyl groups is 1. The topological polar surface area (TPSA) is 75.4 Å². The maximum absolute atomic E-state index is 12.2. The van der Waals surface area contributed by atoms with Gasteiger partial charge in [-0.3, -0.25) is 4.79 Å². The van der Waals surface area contributed by atoms with Crippen LogP contribution in [0.25, 0.3) is 0 Å². The molecule has 22 heavy (non-hydrogen) atoms. The molecule has 0 saturated heterocycles. The van der Waals surface area contributed by atoms with Crippen molar-refractivity contribution < 1.29 is 14.4 Å². The van der Waals surface area contributed by atoms with Crippen molar-refractivity contribution in [2.45, 2.75) is 39.0 Å². The molecule has 0 aliphatic rings.